The summed E-state index contributed by atoms with van der Waals surface area (Å²) in [7, 11) is 0. The Labute approximate surface area is 94.6 Å². The highest BCUT2D eigenvalue weighted by Crippen LogP contribution is 2.51. The van der Waals surface area contributed by atoms with Crippen molar-refractivity contribution in [2.45, 2.75) is 32.2 Å². The van der Waals surface area contributed by atoms with Gasteiger partial charge < -0.3 is 5.73 Å². The second kappa shape index (κ2) is 3.56. The minimum Gasteiger partial charge on any atom is -0.327 e. The van der Waals surface area contributed by atoms with Crippen molar-refractivity contribution < 1.29 is 4.92 Å². The predicted molar refractivity (Wildman–Crippen MR) is 62.2 cm³/mol. The van der Waals surface area contributed by atoms with Gasteiger partial charge in [0.1, 0.15) is 0 Å². The van der Waals surface area contributed by atoms with Crippen LogP contribution >= 0.6 is 0 Å². The molecule has 2 unspecified atom stereocenters. The molecule has 0 bridgehead atoms. The van der Waals surface area contributed by atoms with E-state index < -0.39 is 0 Å². The predicted octanol–water partition coefficient (Wildman–Crippen LogP) is 2.44. The highest BCUT2D eigenvalue weighted by molar-refractivity contribution is 5.38. The summed E-state index contributed by atoms with van der Waals surface area (Å²) < 4.78 is 0. The van der Waals surface area contributed by atoms with Crippen molar-refractivity contribution in [3.63, 3.8) is 0 Å². The molecule has 2 atom stereocenters. The lowest BCUT2D eigenvalue weighted by molar-refractivity contribution is -0.385. The van der Waals surface area contributed by atoms with Crippen molar-refractivity contribution in [1.29, 1.82) is 0 Å². The van der Waals surface area contributed by atoms with E-state index >= 15 is 0 Å². The second-order valence-electron chi connectivity index (χ2n) is 5.07. The van der Waals surface area contributed by atoms with E-state index in [1.54, 1.807) is 12.1 Å². The van der Waals surface area contributed by atoms with Crippen LogP contribution in [-0.4, -0.2) is 11.0 Å². The van der Waals surface area contributed by atoms with Crippen molar-refractivity contribution in [1.82, 2.24) is 0 Å². The maximum atomic E-state index is 10.7. The molecule has 0 spiro atoms. The number of hydrogen-bond donors (Lipinski definition) is 1. The summed E-state index contributed by atoms with van der Waals surface area (Å²) in [5.74, 6) is 0.336. The van der Waals surface area contributed by atoms with E-state index in [1.807, 2.05) is 6.07 Å². The smallest absolute Gasteiger partial charge is 0.269 e. The van der Waals surface area contributed by atoms with Crippen molar-refractivity contribution in [3.8, 4) is 0 Å². The van der Waals surface area contributed by atoms with Crippen LogP contribution in [0.1, 0.15) is 31.7 Å². The Balaban J connectivity index is 2.29. The fourth-order valence-electron chi connectivity index (χ4n) is 2.38. The molecule has 1 aromatic rings. The molecule has 0 saturated heterocycles. The lowest BCUT2D eigenvalue weighted by Gasteiger charge is -2.50. The molecule has 1 aliphatic rings. The average molecular weight is 220 g/mol. The SMILES string of the molecule is CC1(C)C(N)CC1c1cccc([N+](=O)[O-])c1. The lowest BCUT2D eigenvalue weighted by Crippen LogP contribution is -2.52. The quantitative estimate of drug-likeness (QED) is 0.614. The Kier molecular flexibility index (Phi) is 2.46. The number of nitrogens with zero attached hydrogens (tertiary/aromatic N) is 1. The molecular weight excluding hydrogens is 204 g/mol. The lowest BCUT2D eigenvalue weighted by atomic mass is 9.57. The van der Waals surface area contributed by atoms with E-state index in [0.29, 0.717) is 5.92 Å². The van der Waals surface area contributed by atoms with Crippen molar-refractivity contribution in [3.05, 3.63) is 39.9 Å². The number of nitro benzene ring substituents is 1. The van der Waals surface area contributed by atoms with Gasteiger partial charge in [0.05, 0.1) is 4.92 Å². The maximum absolute atomic E-state index is 10.7. The third-order valence-corrected chi connectivity index (χ3v) is 3.83. The Morgan fingerprint density at radius 3 is 2.69 bits per heavy atom. The summed E-state index contributed by atoms with van der Waals surface area (Å²) in [6, 6.07) is 7.07. The zero-order valence-corrected chi connectivity index (χ0v) is 9.51. The number of nitro groups is 1. The van der Waals surface area contributed by atoms with E-state index in [9.17, 15) is 10.1 Å². The van der Waals surface area contributed by atoms with Crippen LogP contribution in [0.5, 0.6) is 0 Å². The third kappa shape index (κ3) is 1.59. The van der Waals surface area contributed by atoms with E-state index in [0.717, 1.165) is 12.0 Å². The van der Waals surface area contributed by atoms with Gasteiger partial charge in [0.2, 0.25) is 0 Å². The van der Waals surface area contributed by atoms with Crippen LogP contribution in [0, 0.1) is 15.5 Å². The van der Waals surface area contributed by atoms with Gasteiger partial charge in [-0.05, 0) is 23.3 Å². The molecule has 0 aromatic heterocycles. The first-order valence-corrected chi connectivity index (χ1v) is 5.43. The van der Waals surface area contributed by atoms with Gasteiger partial charge >= 0.3 is 0 Å². The molecule has 0 heterocycles. The average Bonchev–Trinajstić information content (AvgIpc) is 2.25. The number of benzene rings is 1. The molecule has 1 aromatic carbocycles. The molecule has 1 saturated carbocycles. The van der Waals surface area contributed by atoms with E-state index in [4.69, 9.17) is 5.73 Å². The number of hydrogen-bond acceptors (Lipinski definition) is 3. The summed E-state index contributed by atoms with van der Waals surface area (Å²) in [6.07, 6.45) is 0.911. The normalized spacial score (nSPS) is 27.2. The molecule has 2 N–H and O–H groups in total. The Hall–Kier alpha value is -1.42. The first kappa shape index (κ1) is 11.1. The number of rotatable bonds is 2. The highest BCUT2D eigenvalue weighted by Gasteiger charge is 2.46. The van der Waals surface area contributed by atoms with Crippen LogP contribution in [0.25, 0.3) is 0 Å². The van der Waals surface area contributed by atoms with Crippen LogP contribution in [-0.2, 0) is 0 Å². The van der Waals surface area contributed by atoms with Crippen molar-refractivity contribution in [2.75, 3.05) is 0 Å². The minimum atomic E-state index is -0.352. The van der Waals surface area contributed by atoms with Gasteiger partial charge in [-0.15, -0.1) is 0 Å². The van der Waals surface area contributed by atoms with Crippen molar-refractivity contribution in [2.24, 2.45) is 11.1 Å². The van der Waals surface area contributed by atoms with Gasteiger partial charge in [-0.2, -0.15) is 0 Å². The summed E-state index contributed by atoms with van der Waals surface area (Å²) in [5.41, 5.74) is 7.17. The minimum absolute atomic E-state index is 0.0369. The Morgan fingerprint density at radius 1 is 1.50 bits per heavy atom. The van der Waals surface area contributed by atoms with Gasteiger partial charge in [-0.3, -0.25) is 10.1 Å². The standard InChI is InChI=1S/C12H16N2O2/c1-12(2)10(7-11(12)13)8-4-3-5-9(6-8)14(15)16/h3-6,10-11H,7,13H2,1-2H3. The second-order valence-corrected chi connectivity index (χ2v) is 5.07. The van der Waals surface area contributed by atoms with Gasteiger partial charge in [0, 0.05) is 18.2 Å². The highest BCUT2D eigenvalue weighted by atomic mass is 16.6. The molecule has 16 heavy (non-hydrogen) atoms. The summed E-state index contributed by atoms with van der Waals surface area (Å²) in [6.45, 7) is 4.23. The first-order valence-electron chi connectivity index (χ1n) is 5.43. The Bertz CT molecular complexity index is 429. The van der Waals surface area contributed by atoms with E-state index in [-0.39, 0.29) is 22.1 Å². The van der Waals surface area contributed by atoms with Crippen LogP contribution in [0.3, 0.4) is 0 Å². The van der Waals surface area contributed by atoms with Crippen LogP contribution in [0.2, 0.25) is 0 Å². The zero-order chi connectivity index (χ0) is 11.9. The topological polar surface area (TPSA) is 69.2 Å². The summed E-state index contributed by atoms with van der Waals surface area (Å²) in [5, 5.41) is 10.7. The van der Waals surface area contributed by atoms with Crippen LogP contribution < -0.4 is 5.73 Å². The molecule has 4 nitrogen and oxygen atoms in total. The van der Waals surface area contributed by atoms with Crippen LogP contribution in [0.15, 0.2) is 24.3 Å². The molecule has 2 rings (SSSR count). The molecule has 4 heteroatoms. The Morgan fingerprint density at radius 2 is 2.19 bits per heavy atom. The van der Waals surface area contributed by atoms with E-state index in [2.05, 4.69) is 13.8 Å². The fourth-order valence-corrected chi connectivity index (χ4v) is 2.38. The first-order chi connectivity index (χ1) is 7.43. The number of non-ortho nitro benzene ring substituents is 1. The largest absolute Gasteiger partial charge is 0.327 e. The fraction of sp³-hybridized carbons (Fsp3) is 0.500. The number of nitrogens with two attached hydrogens (primary N) is 1. The molecule has 0 radical (unpaired) electrons. The molecule has 0 amide bonds. The van der Waals surface area contributed by atoms with Gasteiger partial charge in [-0.25, -0.2) is 0 Å². The molecular formula is C12H16N2O2. The molecule has 86 valence electrons. The monoisotopic (exact) mass is 220 g/mol. The van der Waals surface area contributed by atoms with Gasteiger partial charge in [0.25, 0.3) is 5.69 Å². The maximum Gasteiger partial charge on any atom is 0.269 e. The third-order valence-electron chi connectivity index (χ3n) is 3.83. The summed E-state index contributed by atoms with van der Waals surface area (Å²) >= 11 is 0. The molecule has 1 fully saturated rings. The van der Waals surface area contributed by atoms with E-state index in [1.165, 1.54) is 6.07 Å². The summed E-state index contributed by atoms with van der Waals surface area (Å²) in [4.78, 5) is 10.3. The zero-order valence-electron chi connectivity index (χ0n) is 9.51. The van der Waals surface area contributed by atoms with Gasteiger partial charge in [-0.1, -0.05) is 26.0 Å². The van der Waals surface area contributed by atoms with Gasteiger partial charge in [0.15, 0.2) is 0 Å². The molecule has 1 aliphatic carbocycles. The van der Waals surface area contributed by atoms with Crippen LogP contribution in [0.4, 0.5) is 5.69 Å². The van der Waals surface area contributed by atoms with Crippen molar-refractivity contribution >= 4 is 5.69 Å². The molecule has 0 aliphatic heterocycles.